The lowest BCUT2D eigenvalue weighted by atomic mass is 10.4. The summed E-state index contributed by atoms with van der Waals surface area (Å²) in [6.07, 6.45) is 5.13. The van der Waals surface area contributed by atoms with E-state index in [-0.39, 0.29) is 17.0 Å². The molecule has 0 atom stereocenters. The maximum atomic E-state index is 5.54. The fraction of sp³-hybridized carbons (Fsp3) is 0.375. The molecule has 1 aromatic rings. The van der Waals surface area contributed by atoms with E-state index in [0.717, 1.165) is 18.8 Å². The standard InChI is InChI=1S/C8H11ClN.BrH/c9-5-4-8-10-6-2-1-3-7-10;/h1-3,6-7H,4-5,8H2;1H/q+1;/p-1. The summed E-state index contributed by atoms with van der Waals surface area (Å²) in [6.45, 7) is 1.02. The van der Waals surface area contributed by atoms with Crippen molar-refractivity contribution in [3.8, 4) is 0 Å². The summed E-state index contributed by atoms with van der Waals surface area (Å²) in [5.74, 6) is 0.738. The third-order valence-corrected chi connectivity index (χ3v) is 1.59. The first kappa shape index (κ1) is 10.9. The van der Waals surface area contributed by atoms with Gasteiger partial charge >= 0.3 is 0 Å². The van der Waals surface area contributed by atoms with Crippen LogP contribution in [0.4, 0.5) is 0 Å². The number of hydrogen-bond acceptors (Lipinski definition) is 0. The summed E-state index contributed by atoms with van der Waals surface area (Å²) in [6, 6.07) is 6.06. The largest absolute Gasteiger partial charge is 1.00 e. The SMILES string of the molecule is ClCCC[n+]1ccccc1.[Br-]. The summed E-state index contributed by atoms with van der Waals surface area (Å²) in [5, 5.41) is 0. The molecule has 0 saturated heterocycles. The Morgan fingerprint density at radius 1 is 1.09 bits per heavy atom. The van der Waals surface area contributed by atoms with Gasteiger partial charge in [0.05, 0.1) is 0 Å². The molecule has 0 saturated carbocycles. The third-order valence-electron chi connectivity index (χ3n) is 1.33. The van der Waals surface area contributed by atoms with Gasteiger partial charge in [-0.05, 0) is 0 Å². The van der Waals surface area contributed by atoms with Crippen LogP contribution < -0.4 is 21.5 Å². The molecule has 0 N–H and O–H groups in total. The molecular formula is C8H11BrClN. The van der Waals surface area contributed by atoms with E-state index in [1.54, 1.807) is 0 Å². The normalized spacial score (nSPS) is 8.82. The Morgan fingerprint density at radius 2 is 1.73 bits per heavy atom. The van der Waals surface area contributed by atoms with Crippen molar-refractivity contribution in [2.45, 2.75) is 13.0 Å². The molecule has 0 aliphatic heterocycles. The number of aromatic nitrogens is 1. The molecule has 11 heavy (non-hydrogen) atoms. The minimum absolute atomic E-state index is 0. The number of nitrogens with zero attached hydrogens (tertiary/aromatic N) is 1. The quantitative estimate of drug-likeness (QED) is 0.449. The minimum Gasteiger partial charge on any atom is -1.00 e. The van der Waals surface area contributed by atoms with Gasteiger partial charge in [0.1, 0.15) is 6.54 Å². The lowest BCUT2D eigenvalue weighted by Crippen LogP contribution is -3.00. The number of rotatable bonds is 3. The predicted molar refractivity (Wildman–Crippen MR) is 42.0 cm³/mol. The molecule has 0 bridgehead atoms. The highest BCUT2D eigenvalue weighted by Crippen LogP contribution is 1.84. The molecule has 1 heterocycles. The molecule has 0 aliphatic carbocycles. The van der Waals surface area contributed by atoms with Gasteiger partial charge in [-0.25, -0.2) is 4.57 Å². The van der Waals surface area contributed by atoms with Crippen LogP contribution in [-0.4, -0.2) is 5.88 Å². The van der Waals surface area contributed by atoms with Crippen molar-refractivity contribution in [1.29, 1.82) is 0 Å². The molecule has 62 valence electrons. The number of alkyl halides is 1. The number of halogens is 2. The zero-order valence-corrected chi connectivity index (χ0v) is 8.55. The Hall–Kier alpha value is -0.0800. The lowest BCUT2D eigenvalue weighted by molar-refractivity contribution is -0.696. The molecule has 0 amide bonds. The van der Waals surface area contributed by atoms with Gasteiger partial charge in [0.15, 0.2) is 12.4 Å². The van der Waals surface area contributed by atoms with Gasteiger partial charge < -0.3 is 17.0 Å². The van der Waals surface area contributed by atoms with Crippen LogP contribution in [0.5, 0.6) is 0 Å². The second-order valence-corrected chi connectivity index (χ2v) is 2.53. The van der Waals surface area contributed by atoms with Gasteiger partial charge in [-0.2, -0.15) is 0 Å². The molecule has 1 rings (SSSR count). The summed E-state index contributed by atoms with van der Waals surface area (Å²) in [5.41, 5.74) is 0. The van der Waals surface area contributed by atoms with Crippen LogP contribution in [0.15, 0.2) is 30.6 Å². The highest BCUT2D eigenvalue weighted by atomic mass is 79.9. The second kappa shape index (κ2) is 6.62. The average Bonchev–Trinajstić information content (AvgIpc) is 2.03. The predicted octanol–water partition coefficient (Wildman–Crippen LogP) is -1.39. The van der Waals surface area contributed by atoms with E-state index in [4.69, 9.17) is 11.6 Å². The summed E-state index contributed by atoms with van der Waals surface area (Å²) in [7, 11) is 0. The van der Waals surface area contributed by atoms with Crippen LogP contribution in [0.2, 0.25) is 0 Å². The fourth-order valence-corrected chi connectivity index (χ4v) is 0.945. The van der Waals surface area contributed by atoms with Crippen molar-refractivity contribution in [2.75, 3.05) is 5.88 Å². The Kier molecular flexibility index (Phi) is 6.57. The molecular weight excluding hydrogens is 225 g/mol. The summed E-state index contributed by atoms with van der Waals surface area (Å²) >= 11 is 5.54. The maximum absolute atomic E-state index is 5.54. The molecule has 0 unspecified atom stereocenters. The molecule has 0 aromatic carbocycles. The zero-order valence-electron chi connectivity index (χ0n) is 6.21. The zero-order chi connectivity index (χ0) is 7.23. The molecule has 3 heteroatoms. The van der Waals surface area contributed by atoms with Gasteiger partial charge in [-0.3, -0.25) is 0 Å². The Bertz CT molecular complexity index is 179. The van der Waals surface area contributed by atoms with Crippen molar-refractivity contribution in [3.05, 3.63) is 30.6 Å². The van der Waals surface area contributed by atoms with Crippen molar-refractivity contribution < 1.29 is 21.5 Å². The Labute approximate surface area is 82.8 Å². The number of pyridine rings is 1. The van der Waals surface area contributed by atoms with Crippen molar-refractivity contribution >= 4 is 11.6 Å². The first-order valence-electron chi connectivity index (χ1n) is 3.43. The first-order valence-corrected chi connectivity index (χ1v) is 3.97. The van der Waals surface area contributed by atoms with E-state index < -0.39 is 0 Å². The van der Waals surface area contributed by atoms with Crippen LogP contribution in [-0.2, 0) is 6.54 Å². The van der Waals surface area contributed by atoms with Crippen LogP contribution in [0.25, 0.3) is 0 Å². The highest BCUT2D eigenvalue weighted by Gasteiger charge is 1.94. The van der Waals surface area contributed by atoms with Gasteiger partial charge in [0.2, 0.25) is 0 Å². The number of hydrogen-bond donors (Lipinski definition) is 0. The van der Waals surface area contributed by atoms with Crippen LogP contribution >= 0.6 is 11.6 Å². The monoisotopic (exact) mass is 235 g/mol. The van der Waals surface area contributed by atoms with Gasteiger partial charge in [0, 0.05) is 24.4 Å². The van der Waals surface area contributed by atoms with Crippen LogP contribution in [0, 0.1) is 0 Å². The van der Waals surface area contributed by atoms with Gasteiger partial charge in [-0.1, -0.05) is 6.07 Å². The Balaban J connectivity index is 0.000001000. The van der Waals surface area contributed by atoms with E-state index in [0.29, 0.717) is 0 Å². The molecule has 0 radical (unpaired) electrons. The average molecular weight is 237 g/mol. The van der Waals surface area contributed by atoms with E-state index in [1.807, 2.05) is 30.6 Å². The van der Waals surface area contributed by atoms with E-state index >= 15 is 0 Å². The summed E-state index contributed by atoms with van der Waals surface area (Å²) < 4.78 is 2.13. The van der Waals surface area contributed by atoms with E-state index in [1.165, 1.54) is 0 Å². The third kappa shape index (κ3) is 4.38. The number of aryl methyl sites for hydroxylation is 1. The summed E-state index contributed by atoms with van der Waals surface area (Å²) in [4.78, 5) is 0. The highest BCUT2D eigenvalue weighted by molar-refractivity contribution is 6.17. The molecule has 0 fully saturated rings. The van der Waals surface area contributed by atoms with Gasteiger partial charge in [-0.15, -0.1) is 11.6 Å². The van der Waals surface area contributed by atoms with Crippen molar-refractivity contribution in [1.82, 2.24) is 0 Å². The van der Waals surface area contributed by atoms with Gasteiger partial charge in [0.25, 0.3) is 0 Å². The van der Waals surface area contributed by atoms with Crippen molar-refractivity contribution in [2.24, 2.45) is 0 Å². The lowest BCUT2D eigenvalue weighted by Gasteiger charge is -1.90. The molecule has 1 aromatic heterocycles. The van der Waals surface area contributed by atoms with E-state index in [9.17, 15) is 0 Å². The maximum Gasteiger partial charge on any atom is 0.168 e. The first-order chi connectivity index (χ1) is 4.93. The molecule has 0 aliphatic rings. The smallest absolute Gasteiger partial charge is 0.168 e. The van der Waals surface area contributed by atoms with E-state index in [2.05, 4.69) is 4.57 Å². The fourth-order valence-electron chi connectivity index (χ4n) is 0.826. The topological polar surface area (TPSA) is 3.88 Å². The minimum atomic E-state index is 0. The Morgan fingerprint density at radius 3 is 2.27 bits per heavy atom. The molecule has 1 nitrogen and oxygen atoms in total. The second-order valence-electron chi connectivity index (χ2n) is 2.16. The molecule has 0 spiro atoms. The van der Waals surface area contributed by atoms with Crippen LogP contribution in [0.1, 0.15) is 6.42 Å². The van der Waals surface area contributed by atoms with Crippen molar-refractivity contribution in [3.63, 3.8) is 0 Å². The van der Waals surface area contributed by atoms with Crippen LogP contribution in [0.3, 0.4) is 0 Å².